The number of nitrogens with zero attached hydrogens (tertiary/aromatic N) is 7. The lowest BCUT2D eigenvalue weighted by Gasteiger charge is -2.15. The monoisotopic (exact) mass is 351 g/mol. The van der Waals surface area contributed by atoms with Crippen LogP contribution in [0.25, 0.3) is 0 Å². The van der Waals surface area contributed by atoms with Crippen molar-refractivity contribution in [3.05, 3.63) is 43.9 Å². The van der Waals surface area contributed by atoms with Crippen LogP contribution < -0.4 is 0 Å². The molecule has 12 heteroatoms. The number of likely N-dealkylation sites (N-methyl/N-ethyl adjacent to an activating group) is 1. The molecule has 0 fully saturated rings. The van der Waals surface area contributed by atoms with Crippen molar-refractivity contribution in [2.75, 3.05) is 7.05 Å². The molecule has 0 radical (unpaired) electrons. The van der Waals surface area contributed by atoms with Crippen molar-refractivity contribution in [2.24, 2.45) is 0 Å². The smallest absolute Gasteiger partial charge is 0.358 e. The minimum Gasteiger partial charge on any atom is -0.358 e. The first-order valence-electron chi connectivity index (χ1n) is 7.37. The Hall–Kier alpha value is -3.31. The van der Waals surface area contributed by atoms with Gasteiger partial charge in [-0.3, -0.25) is 19.6 Å². The highest BCUT2D eigenvalue weighted by atomic mass is 16.6. The molecule has 0 N–H and O–H groups in total. The van der Waals surface area contributed by atoms with E-state index in [2.05, 4.69) is 10.2 Å². The third-order valence-corrected chi connectivity index (χ3v) is 3.64. The van der Waals surface area contributed by atoms with E-state index < -0.39 is 27.3 Å². The molecule has 2 aromatic rings. The average Bonchev–Trinajstić information content (AvgIpc) is 3.12. The quantitative estimate of drug-likeness (QED) is 0.532. The van der Waals surface area contributed by atoms with Crippen LogP contribution in [0.2, 0.25) is 0 Å². The number of rotatable bonds is 7. The molecular formula is C13H17N7O5. The van der Waals surface area contributed by atoms with E-state index in [4.69, 9.17) is 0 Å². The van der Waals surface area contributed by atoms with Crippen LogP contribution in [0.3, 0.4) is 0 Å². The van der Waals surface area contributed by atoms with Gasteiger partial charge in [0.2, 0.25) is 5.91 Å². The highest BCUT2D eigenvalue weighted by Gasteiger charge is 2.36. The summed E-state index contributed by atoms with van der Waals surface area (Å²) in [4.78, 5) is 33.8. The van der Waals surface area contributed by atoms with Crippen molar-refractivity contribution in [3.8, 4) is 0 Å². The SMILES string of the molecule is CCn1ccc(CN(C)C(=O)Cn2nc([N+](=O)[O-])c([N+](=O)[O-])c2C)n1. The van der Waals surface area contributed by atoms with Gasteiger partial charge in [-0.2, -0.15) is 9.78 Å². The molecule has 2 rings (SSSR count). The van der Waals surface area contributed by atoms with Gasteiger partial charge in [0.1, 0.15) is 12.2 Å². The van der Waals surface area contributed by atoms with E-state index in [0.717, 1.165) is 4.68 Å². The van der Waals surface area contributed by atoms with E-state index in [1.807, 2.05) is 6.92 Å². The Morgan fingerprint density at radius 2 is 1.96 bits per heavy atom. The number of carbonyl (C=O) groups excluding carboxylic acids is 1. The molecule has 2 aromatic heterocycles. The molecule has 0 bridgehead atoms. The number of hydrogen-bond acceptors (Lipinski definition) is 7. The van der Waals surface area contributed by atoms with E-state index >= 15 is 0 Å². The molecule has 1 amide bonds. The number of aromatic nitrogens is 4. The fourth-order valence-corrected chi connectivity index (χ4v) is 2.26. The van der Waals surface area contributed by atoms with E-state index in [-0.39, 0.29) is 18.8 Å². The molecule has 0 aromatic carbocycles. The molecule has 25 heavy (non-hydrogen) atoms. The summed E-state index contributed by atoms with van der Waals surface area (Å²) >= 11 is 0. The number of aryl methyl sites for hydroxylation is 1. The first kappa shape index (κ1) is 18.0. The molecular weight excluding hydrogens is 334 g/mol. The molecule has 2 heterocycles. The van der Waals surface area contributed by atoms with Crippen molar-refractivity contribution >= 4 is 17.4 Å². The van der Waals surface area contributed by atoms with Crippen LogP contribution in [0.15, 0.2) is 12.3 Å². The molecule has 0 aliphatic heterocycles. The summed E-state index contributed by atoms with van der Waals surface area (Å²) in [5, 5.41) is 29.7. The normalized spacial score (nSPS) is 10.7. The summed E-state index contributed by atoms with van der Waals surface area (Å²) in [5.74, 6) is -1.28. The summed E-state index contributed by atoms with van der Waals surface area (Å²) in [6.45, 7) is 3.86. The summed E-state index contributed by atoms with van der Waals surface area (Å²) in [5.41, 5.74) is -0.0669. The molecule has 0 saturated heterocycles. The van der Waals surface area contributed by atoms with Crippen LogP contribution >= 0.6 is 0 Å². The predicted molar refractivity (Wildman–Crippen MR) is 84.6 cm³/mol. The van der Waals surface area contributed by atoms with Gasteiger partial charge in [0.15, 0.2) is 0 Å². The largest absolute Gasteiger partial charge is 0.468 e. The molecule has 12 nitrogen and oxygen atoms in total. The van der Waals surface area contributed by atoms with Crippen LogP contribution in [0.4, 0.5) is 11.5 Å². The highest BCUT2D eigenvalue weighted by molar-refractivity contribution is 5.76. The molecule has 0 aliphatic carbocycles. The van der Waals surface area contributed by atoms with E-state index in [1.165, 1.54) is 11.8 Å². The zero-order valence-corrected chi connectivity index (χ0v) is 13.9. The maximum atomic E-state index is 12.3. The van der Waals surface area contributed by atoms with Crippen molar-refractivity contribution in [1.29, 1.82) is 0 Å². The molecule has 0 unspecified atom stereocenters. The maximum absolute atomic E-state index is 12.3. The summed E-state index contributed by atoms with van der Waals surface area (Å²) in [7, 11) is 1.55. The lowest BCUT2D eigenvalue weighted by Crippen LogP contribution is -2.30. The molecule has 0 saturated carbocycles. The van der Waals surface area contributed by atoms with Crippen molar-refractivity contribution < 1.29 is 14.6 Å². The highest BCUT2D eigenvalue weighted by Crippen LogP contribution is 2.29. The fourth-order valence-electron chi connectivity index (χ4n) is 2.26. The number of carbonyl (C=O) groups is 1. The van der Waals surface area contributed by atoms with Gasteiger partial charge in [-0.05, 0) is 24.8 Å². The van der Waals surface area contributed by atoms with Crippen LogP contribution in [0.1, 0.15) is 18.3 Å². The first-order chi connectivity index (χ1) is 11.7. The van der Waals surface area contributed by atoms with Crippen LogP contribution in [-0.2, 0) is 24.4 Å². The van der Waals surface area contributed by atoms with Gasteiger partial charge in [-0.25, -0.2) is 0 Å². The van der Waals surface area contributed by atoms with Crippen LogP contribution in [0.5, 0.6) is 0 Å². The van der Waals surface area contributed by atoms with E-state index in [9.17, 15) is 25.0 Å². The fraction of sp³-hybridized carbons (Fsp3) is 0.462. The van der Waals surface area contributed by atoms with E-state index in [1.54, 1.807) is 24.0 Å². The van der Waals surface area contributed by atoms with Gasteiger partial charge in [0.05, 0.1) is 22.3 Å². The van der Waals surface area contributed by atoms with Gasteiger partial charge in [-0.1, -0.05) is 0 Å². The predicted octanol–water partition coefficient (Wildman–Crippen LogP) is 0.883. The van der Waals surface area contributed by atoms with Gasteiger partial charge in [-0.15, -0.1) is 0 Å². The molecule has 0 aliphatic rings. The van der Waals surface area contributed by atoms with Crippen molar-refractivity contribution in [3.63, 3.8) is 0 Å². The molecule has 0 spiro atoms. The zero-order valence-electron chi connectivity index (χ0n) is 13.9. The Bertz CT molecular complexity index is 825. The topological polar surface area (TPSA) is 142 Å². The first-order valence-corrected chi connectivity index (χ1v) is 7.37. The second-order valence-electron chi connectivity index (χ2n) is 5.34. The minimum atomic E-state index is -0.937. The van der Waals surface area contributed by atoms with Gasteiger partial charge >= 0.3 is 11.5 Å². The van der Waals surface area contributed by atoms with Gasteiger partial charge in [0.25, 0.3) is 0 Å². The van der Waals surface area contributed by atoms with Crippen LogP contribution in [0, 0.1) is 27.2 Å². The Balaban J connectivity index is 2.15. The molecule has 0 atom stereocenters. The lowest BCUT2D eigenvalue weighted by molar-refractivity contribution is -0.424. The average molecular weight is 351 g/mol. The van der Waals surface area contributed by atoms with Crippen molar-refractivity contribution in [2.45, 2.75) is 33.5 Å². The summed E-state index contributed by atoms with van der Waals surface area (Å²) < 4.78 is 2.69. The number of hydrogen-bond donors (Lipinski definition) is 0. The number of nitro groups is 2. The molecule has 134 valence electrons. The zero-order chi connectivity index (χ0) is 18.7. The third-order valence-electron chi connectivity index (χ3n) is 3.64. The second-order valence-corrected chi connectivity index (χ2v) is 5.34. The third kappa shape index (κ3) is 3.79. The summed E-state index contributed by atoms with van der Waals surface area (Å²) in [6.07, 6.45) is 1.79. The maximum Gasteiger partial charge on any atom is 0.468 e. The van der Waals surface area contributed by atoms with E-state index in [0.29, 0.717) is 12.2 Å². The van der Waals surface area contributed by atoms with Gasteiger partial charge in [0, 0.05) is 19.8 Å². The van der Waals surface area contributed by atoms with Crippen molar-refractivity contribution in [1.82, 2.24) is 24.5 Å². The minimum absolute atomic E-state index is 0.0475. The Kier molecular flexibility index (Phi) is 5.10. The van der Waals surface area contributed by atoms with Crippen LogP contribution in [-0.4, -0.2) is 47.3 Å². The lowest BCUT2D eigenvalue weighted by atomic mass is 10.3. The second kappa shape index (κ2) is 7.07. The Morgan fingerprint density at radius 1 is 1.28 bits per heavy atom. The standard InChI is InChI=1S/C13H17N7O5/c1-4-17-6-5-10(14-17)7-16(3)11(21)8-18-9(2)12(19(22)23)13(15-18)20(24)25/h5-6H,4,7-8H2,1-3H3. The number of amides is 1. The Labute approximate surface area is 141 Å². The Morgan fingerprint density at radius 3 is 2.44 bits per heavy atom. The summed E-state index contributed by atoms with van der Waals surface area (Å²) in [6, 6.07) is 1.78. The van der Waals surface area contributed by atoms with Gasteiger partial charge < -0.3 is 15.0 Å².